The van der Waals surface area contributed by atoms with Crippen molar-refractivity contribution >= 4 is 17.4 Å². The van der Waals surface area contributed by atoms with Gasteiger partial charge in [0.25, 0.3) is 0 Å². The fourth-order valence-corrected chi connectivity index (χ4v) is 2.12. The van der Waals surface area contributed by atoms with Gasteiger partial charge in [0, 0.05) is 44.1 Å². The molecule has 2 rings (SSSR count). The lowest BCUT2D eigenvalue weighted by Gasteiger charge is -2.25. The van der Waals surface area contributed by atoms with Crippen molar-refractivity contribution in [2.75, 3.05) is 43.4 Å². The van der Waals surface area contributed by atoms with E-state index in [1.54, 1.807) is 0 Å². The summed E-state index contributed by atoms with van der Waals surface area (Å²) in [5, 5.41) is 2.81. The van der Waals surface area contributed by atoms with Gasteiger partial charge in [-0.2, -0.15) is 0 Å². The van der Waals surface area contributed by atoms with Crippen LogP contribution in [-0.2, 0) is 0 Å². The van der Waals surface area contributed by atoms with Gasteiger partial charge in [0.2, 0.25) is 0 Å². The SMILES string of the molecule is CCN(CCN1CCNC1=O)c1ccc(N)cc1. The number of rotatable bonds is 5. The van der Waals surface area contributed by atoms with Gasteiger partial charge < -0.3 is 20.9 Å². The van der Waals surface area contributed by atoms with Crippen LogP contribution in [0.1, 0.15) is 6.92 Å². The highest BCUT2D eigenvalue weighted by molar-refractivity contribution is 5.76. The maximum atomic E-state index is 11.4. The van der Waals surface area contributed by atoms with Crippen LogP contribution in [-0.4, -0.2) is 43.7 Å². The molecule has 1 fully saturated rings. The third kappa shape index (κ3) is 2.85. The van der Waals surface area contributed by atoms with Crippen LogP contribution in [0.4, 0.5) is 16.2 Å². The number of benzene rings is 1. The van der Waals surface area contributed by atoms with Gasteiger partial charge in [0.05, 0.1) is 0 Å². The van der Waals surface area contributed by atoms with E-state index in [0.717, 1.165) is 44.1 Å². The van der Waals surface area contributed by atoms with Crippen LogP contribution in [0.5, 0.6) is 0 Å². The van der Waals surface area contributed by atoms with Crippen molar-refractivity contribution in [1.82, 2.24) is 10.2 Å². The smallest absolute Gasteiger partial charge is 0.317 e. The maximum Gasteiger partial charge on any atom is 0.317 e. The van der Waals surface area contributed by atoms with Gasteiger partial charge in [-0.3, -0.25) is 0 Å². The van der Waals surface area contributed by atoms with E-state index in [0.29, 0.717) is 0 Å². The Labute approximate surface area is 108 Å². The number of carbonyl (C=O) groups excluding carboxylic acids is 1. The third-order valence-corrected chi connectivity index (χ3v) is 3.22. The van der Waals surface area contributed by atoms with Gasteiger partial charge in [-0.1, -0.05) is 0 Å². The van der Waals surface area contributed by atoms with Crippen LogP contribution in [0, 0.1) is 0 Å². The van der Waals surface area contributed by atoms with E-state index in [4.69, 9.17) is 5.73 Å². The van der Waals surface area contributed by atoms with Gasteiger partial charge in [-0.25, -0.2) is 4.79 Å². The Bertz CT molecular complexity index is 404. The average Bonchev–Trinajstić information content (AvgIpc) is 2.78. The summed E-state index contributed by atoms with van der Waals surface area (Å²) in [6.07, 6.45) is 0. The molecule has 1 aliphatic rings. The molecule has 98 valence electrons. The van der Waals surface area contributed by atoms with E-state index in [9.17, 15) is 4.79 Å². The van der Waals surface area contributed by atoms with Crippen LogP contribution in [0.3, 0.4) is 0 Å². The molecule has 0 radical (unpaired) electrons. The lowest BCUT2D eigenvalue weighted by atomic mass is 10.2. The summed E-state index contributed by atoms with van der Waals surface area (Å²) in [4.78, 5) is 15.5. The molecule has 1 heterocycles. The van der Waals surface area contributed by atoms with Crippen molar-refractivity contribution in [3.8, 4) is 0 Å². The van der Waals surface area contributed by atoms with Crippen LogP contribution >= 0.6 is 0 Å². The molecule has 0 aromatic heterocycles. The van der Waals surface area contributed by atoms with Crippen LogP contribution in [0.15, 0.2) is 24.3 Å². The summed E-state index contributed by atoms with van der Waals surface area (Å²) in [6, 6.07) is 7.88. The largest absolute Gasteiger partial charge is 0.399 e. The summed E-state index contributed by atoms with van der Waals surface area (Å²) >= 11 is 0. The lowest BCUT2D eigenvalue weighted by Crippen LogP contribution is -2.37. The maximum absolute atomic E-state index is 11.4. The first-order chi connectivity index (χ1) is 8.70. The van der Waals surface area contributed by atoms with Gasteiger partial charge >= 0.3 is 6.03 Å². The normalized spacial score (nSPS) is 14.7. The minimum atomic E-state index is 0.0448. The number of nitrogens with zero attached hydrogens (tertiary/aromatic N) is 2. The highest BCUT2D eigenvalue weighted by atomic mass is 16.2. The molecular formula is C13H20N4O. The minimum absolute atomic E-state index is 0.0448. The van der Waals surface area contributed by atoms with Gasteiger partial charge in [-0.15, -0.1) is 0 Å². The molecule has 3 N–H and O–H groups in total. The van der Waals surface area contributed by atoms with Crippen LogP contribution < -0.4 is 16.0 Å². The molecule has 0 spiro atoms. The number of likely N-dealkylation sites (N-methyl/N-ethyl adjacent to an activating group) is 1. The van der Waals surface area contributed by atoms with E-state index >= 15 is 0 Å². The second kappa shape index (κ2) is 5.62. The number of amides is 2. The van der Waals surface area contributed by atoms with Crippen molar-refractivity contribution in [2.45, 2.75) is 6.92 Å². The predicted octanol–water partition coefficient (Wildman–Crippen LogP) is 1.12. The predicted molar refractivity (Wildman–Crippen MR) is 73.7 cm³/mol. The van der Waals surface area contributed by atoms with Crippen molar-refractivity contribution < 1.29 is 4.79 Å². The summed E-state index contributed by atoms with van der Waals surface area (Å²) in [7, 11) is 0. The molecule has 1 saturated heterocycles. The topological polar surface area (TPSA) is 61.6 Å². The minimum Gasteiger partial charge on any atom is -0.399 e. The number of carbonyl (C=O) groups is 1. The van der Waals surface area contributed by atoms with Crippen molar-refractivity contribution in [3.63, 3.8) is 0 Å². The van der Waals surface area contributed by atoms with E-state index in [2.05, 4.69) is 17.1 Å². The Kier molecular flexibility index (Phi) is 3.92. The molecular weight excluding hydrogens is 228 g/mol. The standard InChI is InChI=1S/C13H20N4O/c1-2-16(12-5-3-11(14)4-6-12)9-10-17-8-7-15-13(17)18/h3-6H,2,7-10,14H2,1H3,(H,15,18). The van der Waals surface area contributed by atoms with Gasteiger partial charge in [-0.05, 0) is 31.2 Å². The third-order valence-electron chi connectivity index (χ3n) is 3.22. The zero-order chi connectivity index (χ0) is 13.0. The van der Waals surface area contributed by atoms with Gasteiger partial charge in [0.15, 0.2) is 0 Å². The molecule has 1 aromatic carbocycles. The number of nitrogens with two attached hydrogens (primary N) is 1. The molecule has 0 bridgehead atoms. The lowest BCUT2D eigenvalue weighted by molar-refractivity contribution is 0.218. The van der Waals surface area contributed by atoms with Crippen LogP contribution in [0.2, 0.25) is 0 Å². The first-order valence-corrected chi connectivity index (χ1v) is 6.34. The van der Waals surface area contributed by atoms with Crippen molar-refractivity contribution in [3.05, 3.63) is 24.3 Å². The summed E-state index contributed by atoms with van der Waals surface area (Å²) in [6.45, 7) is 6.18. The van der Waals surface area contributed by atoms with E-state index in [-0.39, 0.29) is 6.03 Å². The number of urea groups is 1. The second-order valence-electron chi connectivity index (χ2n) is 4.39. The molecule has 0 aliphatic carbocycles. The molecule has 18 heavy (non-hydrogen) atoms. The number of nitrogens with one attached hydrogen (secondary N) is 1. The first kappa shape index (κ1) is 12.5. The zero-order valence-electron chi connectivity index (χ0n) is 10.7. The molecule has 2 amide bonds. The van der Waals surface area contributed by atoms with E-state index in [1.165, 1.54) is 0 Å². The average molecular weight is 248 g/mol. The Morgan fingerprint density at radius 1 is 1.39 bits per heavy atom. The molecule has 1 aromatic rings. The Morgan fingerprint density at radius 2 is 2.11 bits per heavy atom. The molecule has 0 unspecified atom stereocenters. The monoisotopic (exact) mass is 248 g/mol. The molecule has 5 heteroatoms. The Hall–Kier alpha value is -1.91. The number of hydrogen-bond donors (Lipinski definition) is 2. The van der Waals surface area contributed by atoms with Crippen molar-refractivity contribution in [1.29, 1.82) is 0 Å². The highest BCUT2D eigenvalue weighted by Crippen LogP contribution is 2.16. The first-order valence-electron chi connectivity index (χ1n) is 6.34. The molecule has 0 atom stereocenters. The second-order valence-corrected chi connectivity index (χ2v) is 4.39. The van der Waals surface area contributed by atoms with Crippen molar-refractivity contribution in [2.24, 2.45) is 0 Å². The number of nitrogen functional groups attached to an aromatic ring is 1. The highest BCUT2D eigenvalue weighted by Gasteiger charge is 2.19. The van der Waals surface area contributed by atoms with Crippen LogP contribution in [0.25, 0.3) is 0 Å². The van der Waals surface area contributed by atoms with E-state index < -0.39 is 0 Å². The number of hydrogen-bond acceptors (Lipinski definition) is 3. The molecule has 0 saturated carbocycles. The zero-order valence-corrected chi connectivity index (χ0v) is 10.7. The fraction of sp³-hybridized carbons (Fsp3) is 0.462. The quantitative estimate of drug-likeness (QED) is 0.768. The summed E-state index contributed by atoms with van der Waals surface area (Å²) < 4.78 is 0. The van der Waals surface area contributed by atoms with E-state index in [1.807, 2.05) is 29.2 Å². The Morgan fingerprint density at radius 3 is 2.67 bits per heavy atom. The summed E-state index contributed by atoms with van der Waals surface area (Å²) in [5.74, 6) is 0. The molecule has 5 nitrogen and oxygen atoms in total. The molecule has 1 aliphatic heterocycles. The number of anilines is 2. The Balaban J connectivity index is 1.92. The summed E-state index contributed by atoms with van der Waals surface area (Å²) in [5.41, 5.74) is 7.60. The fourth-order valence-electron chi connectivity index (χ4n) is 2.12. The van der Waals surface area contributed by atoms with Gasteiger partial charge in [0.1, 0.15) is 0 Å².